The molecular formula is C30H32N6O4. The first kappa shape index (κ1) is 27.0. The molecule has 3 aromatic rings. The van der Waals surface area contributed by atoms with Crippen molar-refractivity contribution in [3.8, 4) is 0 Å². The number of anilines is 3. The Morgan fingerprint density at radius 2 is 1.73 bits per heavy atom. The standard InChI is InChI=1S/C30H32N6O4/c1-34-13-15-36(16-14-34)19-25(37)35(2)23-11-9-22(10-12-23)32-27(20-7-5-4-6-8-20)26-28-24(33-29(26)38)17-21(18-31-28)30(39)40-3/h4-12,17-18,32H,13-16,19H2,1-3H3,(H,33,38)/b27-26-. The summed E-state index contributed by atoms with van der Waals surface area (Å²) in [6, 6.07) is 18.6. The Morgan fingerprint density at radius 3 is 2.40 bits per heavy atom. The van der Waals surface area contributed by atoms with Gasteiger partial charge in [0.25, 0.3) is 5.91 Å². The maximum atomic E-state index is 13.2. The van der Waals surface area contributed by atoms with E-state index in [2.05, 4.69) is 32.5 Å². The molecule has 2 aromatic carbocycles. The Labute approximate surface area is 233 Å². The van der Waals surface area contributed by atoms with E-state index in [4.69, 9.17) is 4.74 Å². The van der Waals surface area contributed by atoms with Crippen molar-refractivity contribution in [3.63, 3.8) is 0 Å². The average Bonchev–Trinajstić information content (AvgIpc) is 3.31. The minimum Gasteiger partial charge on any atom is -0.465 e. The fourth-order valence-corrected chi connectivity index (χ4v) is 4.76. The van der Waals surface area contributed by atoms with Crippen molar-refractivity contribution in [2.24, 2.45) is 0 Å². The van der Waals surface area contributed by atoms with Crippen LogP contribution in [0.15, 0.2) is 66.9 Å². The number of nitrogens with zero attached hydrogens (tertiary/aromatic N) is 4. The quantitative estimate of drug-likeness (QED) is 0.348. The third-order valence-corrected chi connectivity index (χ3v) is 7.19. The van der Waals surface area contributed by atoms with Gasteiger partial charge >= 0.3 is 5.97 Å². The molecule has 0 unspecified atom stereocenters. The summed E-state index contributed by atoms with van der Waals surface area (Å²) in [6.07, 6.45) is 1.40. The number of amides is 2. The van der Waals surface area contributed by atoms with E-state index in [1.807, 2.05) is 54.6 Å². The van der Waals surface area contributed by atoms with Gasteiger partial charge in [-0.2, -0.15) is 0 Å². The number of esters is 1. The third kappa shape index (κ3) is 5.73. The molecule has 40 heavy (non-hydrogen) atoms. The van der Waals surface area contributed by atoms with Crippen LogP contribution in [0.5, 0.6) is 0 Å². The Morgan fingerprint density at radius 1 is 1.02 bits per heavy atom. The number of likely N-dealkylation sites (N-methyl/N-ethyl adjacent to an activating group) is 2. The molecular weight excluding hydrogens is 508 g/mol. The monoisotopic (exact) mass is 540 g/mol. The highest BCUT2D eigenvalue weighted by Gasteiger charge is 2.31. The predicted octanol–water partition coefficient (Wildman–Crippen LogP) is 3.01. The first-order chi connectivity index (χ1) is 19.3. The minimum atomic E-state index is -0.532. The smallest absolute Gasteiger partial charge is 0.339 e. The second-order valence-electron chi connectivity index (χ2n) is 9.89. The summed E-state index contributed by atoms with van der Waals surface area (Å²) in [7, 11) is 5.17. The summed E-state index contributed by atoms with van der Waals surface area (Å²) in [5.74, 6) is -0.828. The lowest BCUT2D eigenvalue weighted by Crippen LogP contribution is -2.48. The van der Waals surface area contributed by atoms with E-state index in [1.165, 1.54) is 13.3 Å². The zero-order chi connectivity index (χ0) is 28.2. The van der Waals surface area contributed by atoms with Gasteiger partial charge in [-0.25, -0.2) is 4.79 Å². The average molecular weight is 541 g/mol. The summed E-state index contributed by atoms with van der Waals surface area (Å²) < 4.78 is 4.78. The second kappa shape index (κ2) is 11.7. The SMILES string of the molecule is COC(=O)c1cnc2c(c1)NC(=O)/C2=C(\Nc1ccc(N(C)C(=O)CN2CCN(C)CC2)cc1)c1ccccc1. The molecule has 2 N–H and O–H groups in total. The van der Waals surface area contributed by atoms with E-state index < -0.39 is 5.97 Å². The number of fused-ring (bicyclic) bond motifs is 1. The van der Waals surface area contributed by atoms with Gasteiger partial charge in [0, 0.05) is 50.8 Å². The van der Waals surface area contributed by atoms with Crippen molar-refractivity contribution >= 4 is 46.1 Å². The van der Waals surface area contributed by atoms with Crippen molar-refractivity contribution in [2.45, 2.75) is 0 Å². The number of carbonyl (C=O) groups is 3. The summed E-state index contributed by atoms with van der Waals surface area (Å²) in [5, 5.41) is 6.21. The summed E-state index contributed by atoms with van der Waals surface area (Å²) in [6.45, 7) is 4.06. The Kier molecular flexibility index (Phi) is 7.90. The highest BCUT2D eigenvalue weighted by Crippen LogP contribution is 2.37. The molecule has 10 heteroatoms. The van der Waals surface area contributed by atoms with Crippen LogP contribution in [0.25, 0.3) is 11.3 Å². The van der Waals surface area contributed by atoms with Crippen molar-refractivity contribution in [1.29, 1.82) is 0 Å². The van der Waals surface area contributed by atoms with Gasteiger partial charge in [-0.15, -0.1) is 0 Å². The zero-order valence-corrected chi connectivity index (χ0v) is 22.8. The molecule has 3 heterocycles. The van der Waals surface area contributed by atoms with E-state index in [0.29, 0.717) is 29.2 Å². The molecule has 0 aliphatic carbocycles. The van der Waals surface area contributed by atoms with E-state index in [0.717, 1.165) is 43.1 Å². The van der Waals surface area contributed by atoms with Gasteiger partial charge in [0.15, 0.2) is 0 Å². The fourth-order valence-electron chi connectivity index (χ4n) is 4.76. The zero-order valence-electron chi connectivity index (χ0n) is 22.8. The molecule has 0 spiro atoms. The number of methoxy groups -OCH3 is 1. The molecule has 10 nitrogen and oxygen atoms in total. The van der Waals surface area contributed by atoms with E-state index in [1.54, 1.807) is 18.0 Å². The maximum absolute atomic E-state index is 13.2. The van der Waals surface area contributed by atoms with Crippen LogP contribution in [0.1, 0.15) is 21.6 Å². The van der Waals surface area contributed by atoms with Gasteiger partial charge in [0.05, 0.1) is 36.2 Å². The van der Waals surface area contributed by atoms with Gasteiger partial charge in [-0.05, 0) is 42.9 Å². The lowest BCUT2D eigenvalue weighted by atomic mass is 10.0. The van der Waals surface area contributed by atoms with Crippen molar-refractivity contribution < 1.29 is 19.1 Å². The Bertz CT molecular complexity index is 1450. The number of ether oxygens (including phenoxy) is 1. The number of hydrogen-bond donors (Lipinski definition) is 2. The van der Waals surface area contributed by atoms with Crippen LogP contribution in [0.4, 0.5) is 17.1 Å². The predicted molar refractivity (Wildman–Crippen MR) is 155 cm³/mol. The van der Waals surface area contributed by atoms with Crippen LogP contribution in [0.3, 0.4) is 0 Å². The molecule has 206 valence electrons. The number of aromatic nitrogens is 1. The largest absolute Gasteiger partial charge is 0.465 e. The van der Waals surface area contributed by atoms with Crippen LogP contribution in [-0.2, 0) is 14.3 Å². The summed E-state index contributed by atoms with van der Waals surface area (Å²) in [4.78, 5) is 48.6. The number of rotatable bonds is 7. The molecule has 5 rings (SSSR count). The van der Waals surface area contributed by atoms with Gasteiger partial charge in [0.2, 0.25) is 5.91 Å². The molecule has 2 aliphatic rings. The number of benzene rings is 2. The van der Waals surface area contributed by atoms with Crippen LogP contribution in [0, 0.1) is 0 Å². The third-order valence-electron chi connectivity index (χ3n) is 7.19. The van der Waals surface area contributed by atoms with Crippen molar-refractivity contribution in [1.82, 2.24) is 14.8 Å². The van der Waals surface area contributed by atoms with Crippen LogP contribution < -0.4 is 15.5 Å². The van der Waals surface area contributed by atoms with E-state index >= 15 is 0 Å². The highest BCUT2D eigenvalue weighted by atomic mass is 16.5. The van der Waals surface area contributed by atoms with E-state index in [-0.39, 0.29) is 17.4 Å². The lowest BCUT2D eigenvalue weighted by molar-refractivity contribution is -0.119. The van der Waals surface area contributed by atoms with Gasteiger partial charge in [0.1, 0.15) is 5.69 Å². The first-order valence-electron chi connectivity index (χ1n) is 13.1. The molecule has 1 saturated heterocycles. The summed E-state index contributed by atoms with van der Waals surface area (Å²) >= 11 is 0. The van der Waals surface area contributed by atoms with Gasteiger partial charge < -0.3 is 25.2 Å². The topological polar surface area (TPSA) is 107 Å². The fraction of sp³-hybridized carbons (Fsp3) is 0.267. The highest BCUT2D eigenvalue weighted by molar-refractivity contribution is 6.37. The van der Waals surface area contributed by atoms with Crippen molar-refractivity contribution in [3.05, 3.63) is 83.7 Å². The maximum Gasteiger partial charge on any atom is 0.339 e. The number of nitrogens with one attached hydrogen (secondary N) is 2. The second-order valence-corrected chi connectivity index (χ2v) is 9.89. The van der Waals surface area contributed by atoms with Crippen LogP contribution >= 0.6 is 0 Å². The van der Waals surface area contributed by atoms with E-state index in [9.17, 15) is 14.4 Å². The molecule has 0 atom stereocenters. The molecule has 1 fully saturated rings. The van der Waals surface area contributed by atoms with Crippen LogP contribution in [0.2, 0.25) is 0 Å². The lowest BCUT2D eigenvalue weighted by Gasteiger charge is -2.32. The first-order valence-corrected chi connectivity index (χ1v) is 13.1. The number of hydrogen-bond acceptors (Lipinski definition) is 8. The minimum absolute atomic E-state index is 0.0361. The van der Waals surface area contributed by atoms with Gasteiger partial charge in [-0.3, -0.25) is 19.5 Å². The molecule has 2 amide bonds. The Hall–Kier alpha value is -4.54. The number of piperazine rings is 1. The summed E-state index contributed by atoms with van der Waals surface area (Å²) in [5.41, 5.74) is 4.37. The molecule has 2 aliphatic heterocycles. The van der Waals surface area contributed by atoms with Gasteiger partial charge in [-0.1, -0.05) is 30.3 Å². The normalized spacial score (nSPS) is 16.6. The van der Waals surface area contributed by atoms with Crippen LogP contribution in [-0.4, -0.2) is 86.5 Å². The molecule has 0 radical (unpaired) electrons. The number of pyridine rings is 1. The molecule has 0 bridgehead atoms. The number of carbonyl (C=O) groups excluding carboxylic acids is 3. The Balaban J connectivity index is 1.40. The molecule has 0 saturated carbocycles. The van der Waals surface area contributed by atoms with Crippen molar-refractivity contribution in [2.75, 3.05) is 69.5 Å². The molecule has 1 aromatic heterocycles.